The molecule has 6 heteroatoms. The van der Waals surface area contributed by atoms with Gasteiger partial charge >= 0.3 is 5.97 Å². The highest BCUT2D eigenvalue weighted by Crippen LogP contribution is 2.32. The van der Waals surface area contributed by atoms with Crippen molar-refractivity contribution < 1.29 is 14.7 Å². The first-order valence-corrected chi connectivity index (χ1v) is 5.63. The van der Waals surface area contributed by atoms with Crippen LogP contribution in [0.3, 0.4) is 0 Å². The lowest BCUT2D eigenvalue weighted by Crippen LogP contribution is -2.30. The van der Waals surface area contributed by atoms with E-state index in [2.05, 4.69) is 15.5 Å². The van der Waals surface area contributed by atoms with Gasteiger partial charge < -0.3 is 10.4 Å². The minimum atomic E-state index is -0.888. The van der Waals surface area contributed by atoms with E-state index >= 15 is 0 Å². The number of nitrogens with one attached hydrogen (secondary N) is 2. The first kappa shape index (κ1) is 11.6. The topological polar surface area (TPSA) is 95.1 Å². The average molecular weight is 237 g/mol. The van der Waals surface area contributed by atoms with Crippen LogP contribution >= 0.6 is 0 Å². The summed E-state index contributed by atoms with van der Waals surface area (Å²) in [5.74, 6) is -1.69. The Balaban J connectivity index is 2.02. The Labute approximate surface area is 98.4 Å². The molecule has 1 aliphatic rings. The maximum atomic E-state index is 11.9. The van der Waals surface area contributed by atoms with Crippen LogP contribution in [-0.4, -0.2) is 27.2 Å². The van der Waals surface area contributed by atoms with Crippen molar-refractivity contribution in [1.29, 1.82) is 0 Å². The summed E-state index contributed by atoms with van der Waals surface area (Å²) in [6.45, 7) is 1.83. The second kappa shape index (κ2) is 4.57. The minimum Gasteiger partial charge on any atom is -0.481 e. The number of hydrogen-bond acceptors (Lipinski definition) is 3. The van der Waals surface area contributed by atoms with Gasteiger partial charge in [0.1, 0.15) is 0 Å². The van der Waals surface area contributed by atoms with E-state index in [1.165, 1.54) is 0 Å². The highest BCUT2D eigenvalue weighted by molar-refractivity contribution is 5.94. The monoisotopic (exact) mass is 237 g/mol. The Hall–Kier alpha value is -1.85. The van der Waals surface area contributed by atoms with E-state index in [0.717, 1.165) is 12.1 Å². The van der Waals surface area contributed by atoms with Gasteiger partial charge in [-0.2, -0.15) is 5.10 Å². The molecule has 3 N–H and O–H groups in total. The van der Waals surface area contributed by atoms with Crippen molar-refractivity contribution in [2.45, 2.75) is 26.2 Å². The number of H-pyrrole nitrogens is 1. The predicted molar refractivity (Wildman–Crippen MR) is 60.4 cm³/mol. The number of carbonyl (C=O) groups excluding carboxylic acids is 1. The van der Waals surface area contributed by atoms with Crippen molar-refractivity contribution in [3.8, 4) is 0 Å². The molecule has 6 nitrogen and oxygen atoms in total. The predicted octanol–water partition coefficient (Wildman–Crippen LogP) is 1.16. The molecule has 0 radical (unpaired) electrons. The number of aryl methyl sites for hydroxylation is 1. The Morgan fingerprint density at radius 1 is 1.47 bits per heavy atom. The van der Waals surface area contributed by atoms with Crippen LogP contribution in [0.5, 0.6) is 0 Å². The number of nitrogens with zero attached hydrogens (tertiary/aromatic N) is 1. The summed E-state index contributed by atoms with van der Waals surface area (Å²) in [5, 5.41) is 18.3. The lowest BCUT2D eigenvalue weighted by Gasteiger charge is -2.14. The molecule has 2 rings (SSSR count). The Kier molecular flexibility index (Phi) is 3.12. The zero-order valence-corrected chi connectivity index (χ0v) is 9.56. The molecule has 1 amide bonds. The molecule has 0 saturated heterocycles. The van der Waals surface area contributed by atoms with Crippen molar-refractivity contribution in [1.82, 2.24) is 10.2 Å². The van der Waals surface area contributed by atoms with E-state index in [4.69, 9.17) is 5.11 Å². The van der Waals surface area contributed by atoms with Gasteiger partial charge in [0.15, 0.2) is 5.82 Å². The Morgan fingerprint density at radius 3 is 2.76 bits per heavy atom. The second-order valence-electron chi connectivity index (χ2n) is 4.41. The normalized spacial score (nSPS) is 23.6. The third-order valence-corrected chi connectivity index (χ3v) is 3.13. The van der Waals surface area contributed by atoms with Crippen molar-refractivity contribution in [2.24, 2.45) is 11.8 Å². The van der Waals surface area contributed by atoms with Crippen molar-refractivity contribution in [3.63, 3.8) is 0 Å². The van der Waals surface area contributed by atoms with Gasteiger partial charge in [0.2, 0.25) is 5.91 Å². The van der Waals surface area contributed by atoms with Crippen LogP contribution in [0.4, 0.5) is 5.82 Å². The van der Waals surface area contributed by atoms with Crippen LogP contribution in [0.15, 0.2) is 6.07 Å². The lowest BCUT2D eigenvalue weighted by atomic mass is 9.95. The van der Waals surface area contributed by atoms with Crippen LogP contribution in [-0.2, 0) is 9.59 Å². The molecule has 0 bridgehead atoms. The molecule has 92 valence electrons. The molecule has 2 atom stereocenters. The standard InChI is InChI=1S/C11H15N3O3/c1-6-5-9(14-13-6)12-10(15)7-3-2-4-8(7)11(16)17/h5,7-8H,2-4H2,1H3,(H,16,17)(H2,12,13,14,15)/t7-,8+/m1/s1. The number of anilines is 1. The molecule has 0 spiro atoms. The first-order chi connectivity index (χ1) is 8.08. The summed E-state index contributed by atoms with van der Waals surface area (Å²) >= 11 is 0. The number of carbonyl (C=O) groups is 2. The van der Waals surface area contributed by atoms with Crippen LogP contribution in [0.2, 0.25) is 0 Å². The average Bonchev–Trinajstić information content (AvgIpc) is 2.86. The highest BCUT2D eigenvalue weighted by atomic mass is 16.4. The zero-order chi connectivity index (χ0) is 12.4. The number of aromatic nitrogens is 2. The molecule has 0 aliphatic heterocycles. The summed E-state index contributed by atoms with van der Waals surface area (Å²) in [5.41, 5.74) is 0.849. The summed E-state index contributed by atoms with van der Waals surface area (Å²) in [7, 11) is 0. The third-order valence-electron chi connectivity index (χ3n) is 3.13. The number of hydrogen-bond donors (Lipinski definition) is 3. The number of aliphatic carboxylic acids is 1. The van der Waals surface area contributed by atoms with Crippen molar-refractivity contribution in [3.05, 3.63) is 11.8 Å². The molecule has 1 heterocycles. The molecular formula is C11H15N3O3. The van der Waals surface area contributed by atoms with Crippen LogP contribution < -0.4 is 5.32 Å². The van der Waals surface area contributed by atoms with Gasteiger partial charge in [0.05, 0.1) is 11.8 Å². The fourth-order valence-electron chi connectivity index (χ4n) is 2.27. The fraction of sp³-hybridized carbons (Fsp3) is 0.545. The number of amides is 1. The van der Waals surface area contributed by atoms with Crippen LogP contribution in [0.1, 0.15) is 25.0 Å². The van der Waals surface area contributed by atoms with E-state index < -0.39 is 17.8 Å². The quantitative estimate of drug-likeness (QED) is 0.735. The SMILES string of the molecule is Cc1cc(NC(=O)[C@@H]2CCC[C@@H]2C(=O)O)n[nH]1. The van der Waals surface area contributed by atoms with Gasteiger partial charge in [-0.25, -0.2) is 0 Å². The Bertz CT molecular complexity index is 441. The van der Waals surface area contributed by atoms with Crippen molar-refractivity contribution in [2.75, 3.05) is 5.32 Å². The van der Waals surface area contributed by atoms with Gasteiger partial charge in [0.25, 0.3) is 0 Å². The fourth-order valence-corrected chi connectivity index (χ4v) is 2.27. The van der Waals surface area contributed by atoms with Gasteiger partial charge in [-0.1, -0.05) is 6.42 Å². The first-order valence-electron chi connectivity index (χ1n) is 5.63. The molecule has 1 aromatic heterocycles. The molecule has 0 unspecified atom stereocenters. The summed E-state index contributed by atoms with van der Waals surface area (Å²) in [4.78, 5) is 22.9. The van der Waals surface area contributed by atoms with E-state index in [9.17, 15) is 9.59 Å². The summed E-state index contributed by atoms with van der Waals surface area (Å²) < 4.78 is 0. The van der Waals surface area contributed by atoms with Crippen LogP contribution in [0, 0.1) is 18.8 Å². The molecule has 1 aliphatic carbocycles. The zero-order valence-electron chi connectivity index (χ0n) is 9.56. The molecular weight excluding hydrogens is 222 g/mol. The maximum Gasteiger partial charge on any atom is 0.307 e. The maximum absolute atomic E-state index is 11.9. The second-order valence-corrected chi connectivity index (χ2v) is 4.41. The lowest BCUT2D eigenvalue weighted by molar-refractivity contribution is -0.145. The van der Waals surface area contributed by atoms with Gasteiger partial charge in [-0.05, 0) is 19.8 Å². The Morgan fingerprint density at radius 2 is 2.18 bits per heavy atom. The summed E-state index contributed by atoms with van der Waals surface area (Å²) in [6.07, 6.45) is 1.99. The molecule has 1 aromatic rings. The van der Waals surface area contributed by atoms with Crippen LogP contribution in [0.25, 0.3) is 0 Å². The molecule has 1 saturated carbocycles. The van der Waals surface area contributed by atoms with Gasteiger partial charge in [0, 0.05) is 11.8 Å². The third kappa shape index (κ3) is 2.46. The largest absolute Gasteiger partial charge is 0.481 e. The van der Waals surface area contributed by atoms with E-state index in [1.807, 2.05) is 6.92 Å². The smallest absolute Gasteiger partial charge is 0.307 e. The number of aromatic amines is 1. The number of carboxylic acids is 1. The molecule has 0 aromatic carbocycles. The van der Waals surface area contributed by atoms with E-state index in [0.29, 0.717) is 18.7 Å². The van der Waals surface area contributed by atoms with Gasteiger partial charge in [-0.15, -0.1) is 0 Å². The highest BCUT2D eigenvalue weighted by Gasteiger charge is 2.37. The minimum absolute atomic E-state index is 0.249. The van der Waals surface area contributed by atoms with Crippen molar-refractivity contribution >= 4 is 17.7 Å². The van der Waals surface area contributed by atoms with E-state index in [1.54, 1.807) is 6.07 Å². The van der Waals surface area contributed by atoms with E-state index in [-0.39, 0.29) is 5.91 Å². The number of rotatable bonds is 3. The molecule has 17 heavy (non-hydrogen) atoms. The summed E-state index contributed by atoms with van der Waals surface area (Å²) in [6, 6.07) is 1.71. The molecule has 1 fully saturated rings. The van der Waals surface area contributed by atoms with Gasteiger partial charge in [-0.3, -0.25) is 14.7 Å². The number of carboxylic acid groups (broad SMARTS) is 1.